The van der Waals surface area contributed by atoms with Gasteiger partial charge < -0.3 is 10.0 Å². The number of carboxylic acid groups (broad SMARTS) is 1. The summed E-state index contributed by atoms with van der Waals surface area (Å²) in [5.41, 5.74) is 3.40. The van der Waals surface area contributed by atoms with E-state index in [0.717, 1.165) is 22.5 Å². The molecule has 2 aliphatic carbocycles. The van der Waals surface area contributed by atoms with E-state index in [1.807, 2.05) is 79.2 Å². The van der Waals surface area contributed by atoms with Gasteiger partial charge in [0.25, 0.3) is 40.5 Å². The number of unbranched alkanes of at least 4 members (excludes halogenated alkanes) is 4. The number of rotatable bonds is 25. The number of benzene rings is 1. The molecule has 21 heteroatoms. The first-order chi connectivity index (χ1) is 31.4. The van der Waals surface area contributed by atoms with Crippen LogP contribution in [0, 0.1) is 5.41 Å². The van der Waals surface area contributed by atoms with Crippen LogP contribution >= 0.6 is 0 Å². The lowest BCUT2D eigenvalue weighted by Crippen LogP contribution is -2.32. The molecule has 6 N–H and O–H groups in total. The molecule has 1 aromatic rings. The van der Waals surface area contributed by atoms with E-state index in [1.165, 1.54) is 18.2 Å². The van der Waals surface area contributed by atoms with Crippen LogP contribution in [-0.4, -0.2) is 103 Å². The molecule has 0 amide bonds. The van der Waals surface area contributed by atoms with Crippen LogP contribution in [0.15, 0.2) is 119 Å². The van der Waals surface area contributed by atoms with Crippen LogP contribution in [0.5, 0.6) is 0 Å². The lowest BCUT2D eigenvalue weighted by molar-refractivity contribution is -0.438. The Morgan fingerprint density at radius 2 is 1.54 bits per heavy atom. The molecule has 0 bridgehead atoms. The average molecular weight is 1010 g/mol. The molecule has 0 saturated carbocycles. The standard InChI is InChI=1S/C46H61N3O14S4/c1-45(27-10-13-31-64(52,53)54)39-34-37(67(60,61)62)24-26-41(39)49(30-16-19-35-17-7-4-3-5-8-18-35)43(45)21-15-20-42-46(2,28-11-14-32-65(55,56)63-47)38-33-36(66(57,58)59)23-25-40(38)48(42)29-12-6-9-22-44(50)51/h3-5,7-8,15,17-18,20-21,23-26,33,37H,6,9-14,16,19,22,27-32,34,47H2,1-2H3,(H3-,50,51,52,53,54,57,58,59,60,61,62)/p+1/b4-3-,5-3?,7-4?,8-5-,17-7?,18-8?,35-17?,35-18?. The van der Waals surface area contributed by atoms with Crippen molar-refractivity contribution in [1.29, 1.82) is 0 Å². The number of fused-ring (bicyclic) bond motifs is 1. The van der Waals surface area contributed by atoms with Crippen molar-refractivity contribution in [2.24, 2.45) is 11.3 Å². The zero-order chi connectivity index (χ0) is 49.3. The molecule has 3 unspecified atom stereocenters. The lowest BCUT2D eigenvalue weighted by Gasteiger charge is -2.33. The molecule has 368 valence electrons. The zero-order valence-electron chi connectivity index (χ0n) is 37.7. The Morgan fingerprint density at radius 1 is 0.851 bits per heavy atom. The number of allylic oxidation sites excluding steroid dienone is 13. The minimum atomic E-state index is -4.65. The highest BCUT2D eigenvalue weighted by molar-refractivity contribution is 7.87. The van der Waals surface area contributed by atoms with E-state index in [2.05, 4.69) is 9.18 Å². The number of nitrogens with two attached hydrogens (primary N) is 1. The van der Waals surface area contributed by atoms with Crippen LogP contribution < -0.4 is 5.90 Å². The summed E-state index contributed by atoms with van der Waals surface area (Å²) >= 11 is 0. The van der Waals surface area contributed by atoms with Gasteiger partial charge in [-0.1, -0.05) is 74.4 Å². The van der Waals surface area contributed by atoms with Crippen LogP contribution in [0.25, 0.3) is 0 Å². The summed E-state index contributed by atoms with van der Waals surface area (Å²) in [5.74, 6) is 3.23. The fourth-order valence-electron chi connectivity index (χ4n) is 9.45. The Labute approximate surface area is 394 Å². The van der Waals surface area contributed by atoms with E-state index < -0.39 is 68.3 Å². The lowest BCUT2D eigenvalue weighted by atomic mass is 9.73. The Hall–Kier alpha value is -4.32. The number of hydrogen-bond donors (Lipinski definition) is 5. The summed E-state index contributed by atoms with van der Waals surface area (Å²) < 4.78 is 134. The second-order valence-corrected chi connectivity index (χ2v) is 24.0. The van der Waals surface area contributed by atoms with Crippen molar-refractivity contribution in [2.45, 2.75) is 113 Å². The predicted octanol–water partition coefficient (Wildman–Crippen LogP) is 7.00. The van der Waals surface area contributed by atoms with Gasteiger partial charge in [0.15, 0.2) is 5.71 Å². The third-order valence-electron chi connectivity index (χ3n) is 12.9. The van der Waals surface area contributed by atoms with Crippen molar-refractivity contribution < 1.29 is 66.1 Å². The zero-order valence-corrected chi connectivity index (χ0v) is 41.0. The van der Waals surface area contributed by atoms with Crippen molar-refractivity contribution in [1.82, 2.24) is 4.90 Å². The predicted molar refractivity (Wildman–Crippen MR) is 256 cm³/mol. The van der Waals surface area contributed by atoms with E-state index in [0.29, 0.717) is 87.8 Å². The molecule has 67 heavy (non-hydrogen) atoms. The van der Waals surface area contributed by atoms with Gasteiger partial charge >= 0.3 is 5.97 Å². The van der Waals surface area contributed by atoms with Crippen LogP contribution in [0.2, 0.25) is 0 Å². The Morgan fingerprint density at radius 3 is 2.21 bits per heavy atom. The molecule has 2 aliphatic heterocycles. The first-order valence-corrected chi connectivity index (χ1v) is 28.3. The van der Waals surface area contributed by atoms with E-state index in [1.54, 1.807) is 12.1 Å². The summed E-state index contributed by atoms with van der Waals surface area (Å²) in [6, 6.07) is 4.31. The number of aliphatic carboxylic acids is 1. The molecule has 1 aromatic carbocycles. The quantitative estimate of drug-likeness (QED) is 0.0285. The number of hydrogen-bond acceptors (Lipinski definition) is 12. The van der Waals surface area contributed by atoms with Gasteiger partial charge in [0.2, 0.25) is 5.69 Å². The van der Waals surface area contributed by atoms with Gasteiger partial charge in [0.05, 0.1) is 21.8 Å². The largest absolute Gasteiger partial charge is 0.481 e. The van der Waals surface area contributed by atoms with E-state index in [-0.39, 0.29) is 36.3 Å². The highest BCUT2D eigenvalue weighted by Gasteiger charge is 2.49. The highest BCUT2D eigenvalue weighted by atomic mass is 32.2. The van der Waals surface area contributed by atoms with Crippen molar-refractivity contribution in [3.63, 3.8) is 0 Å². The third-order valence-corrected chi connectivity index (χ3v) is 16.7. The molecule has 2 heterocycles. The summed E-state index contributed by atoms with van der Waals surface area (Å²) in [4.78, 5) is 13.1. The highest BCUT2D eigenvalue weighted by Crippen LogP contribution is 2.54. The maximum absolute atomic E-state index is 12.6. The molecular weight excluding hydrogens is 947 g/mol. The summed E-state index contributed by atoms with van der Waals surface area (Å²) in [6.45, 7) is 4.73. The number of carboxylic acids is 1. The smallest absolute Gasteiger partial charge is 0.303 e. The maximum Gasteiger partial charge on any atom is 0.303 e. The SMILES string of the molecule is CC1(CCCCS(=O)(=O)O)C(=CC=CC2=[N+](CCCCCC(=O)O)c3ccc(S(=O)(=O)O)cc3C2(C)CCCCS(=O)(=O)ON)N(CCCC2=C/C=C\C=C/C=C2)C2=C1CC(S(=O)(=O)O)C=C2. The topological polar surface area (TPSA) is 276 Å². The van der Waals surface area contributed by atoms with Crippen LogP contribution in [0.4, 0.5) is 5.69 Å². The molecule has 0 fully saturated rings. The Bertz CT molecular complexity index is 2780. The molecule has 0 spiro atoms. The fraction of sp³-hybridized carbons (Fsp3) is 0.478. The maximum atomic E-state index is 12.6. The van der Waals surface area contributed by atoms with Crippen molar-refractivity contribution in [3.05, 3.63) is 119 Å². The fourth-order valence-corrected chi connectivity index (χ4v) is 11.8. The molecular formula is C46H62N3O14S4+. The van der Waals surface area contributed by atoms with Gasteiger partial charge in [-0.05, 0) is 100 Å². The van der Waals surface area contributed by atoms with Crippen molar-refractivity contribution >= 4 is 57.8 Å². The van der Waals surface area contributed by atoms with Crippen LogP contribution in [0.3, 0.4) is 0 Å². The minimum absolute atomic E-state index is 0.0164. The first kappa shape index (κ1) is 53.6. The Balaban J connectivity index is 1.64. The van der Waals surface area contributed by atoms with Gasteiger partial charge in [-0.25, -0.2) is 0 Å². The Kier molecular flexibility index (Phi) is 17.9. The van der Waals surface area contributed by atoms with Crippen molar-refractivity contribution in [3.8, 4) is 0 Å². The van der Waals surface area contributed by atoms with E-state index in [9.17, 15) is 57.2 Å². The molecule has 4 aliphatic rings. The number of nitrogens with zero attached hydrogens (tertiary/aromatic N) is 2. The molecule has 17 nitrogen and oxygen atoms in total. The van der Waals surface area contributed by atoms with E-state index in [4.69, 9.17) is 5.90 Å². The summed E-state index contributed by atoms with van der Waals surface area (Å²) in [6.07, 6.45) is 27.0. The molecule has 3 atom stereocenters. The average Bonchev–Trinajstić information content (AvgIpc) is 3.60. The van der Waals surface area contributed by atoms with Gasteiger partial charge in [0.1, 0.15) is 11.8 Å². The second kappa shape index (κ2) is 22.4. The first-order valence-electron chi connectivity index (χ1n) is 22.2. The van der Waals surface area contributed by atoms with Gasteiger partial charge in [-0.3, -0.25) is 18.5 Å². The van der Waals surface area contributed by atoms with Gasteiger partial charge in [-0.2, -0.15) is 48.4 Å². The second-order valence-electron chi connectivity index (χ2n) is 17.6. The van der Waals surface area contributed by atoms with Crippen LogP contribution in [-0.2, 0) is 55.0 Å². The van der Waals surface area contributed by atoms with Crippen LogP contribution in [0.1, 0.15) is 103 Å². The molecule has 0 saturated heterocycles. The normalized spacial score (nSPS) is 23.7. The minimum Gasteiger partial charge on any atom is -0.481 e. The summed E-state index contributed by atoms with van der Waals surface area (Å²) in [5, 5.41) is 8.04. The number of carbonyl (C=O) groups is 1. The molecule has 5 rings (SSSR count). The van der Waals surface area contributed by atoms with Crippen molar-refractivity contribution in [2.75, 3.05) is 24.6 Å². The third kappa shape index (κ3) is 14.1. The molecule has 0 radical (unpaired) electrons. The van der Waals surface area contributed by atoms with Gasteiger partial charge in [0, 0.05) is 53.9 Å². The van der Waals surface area contributed by atoms with Gasteiger partial charge in [-0.15, -0.1) is 0 Å². The molecule has 0 aromatic heterocycles. The monoisotopic (exact) mass is 1010 g/mol. The summed E-state index contributed by atoms with van der Waals surface area (Å²) in [7, 11) is -17.4. The van der Waals surface area contributed by atoms with E-state index >= 15 is 0 Å².